The van der Waals surface area contributed by atoms with E-state index in [0.29, 0.717) is 18.0 Å². The van der Waals surface area contributed by atoms with Crippen LogP contribution in [0, 0.1) is 5.82 Å². The van der Waals surface area contributed by atoms with E-state index in [1.54, 1.807) is 24.3 Å². The molecule has 0 bridgehead atoms. The lowest BCUT2D eigenvalue weighted by Crippen LogP contribution is -2.48. The highest BCUT2D eigenvalue weighted by atomic mass is 32.2. The maximum absolute atomic E-state index is 13.0. The fourth-order valence-electron chi connectivity index (χ4n) is 3.21. The van der Waals surface area contributed by atoms with Crippen LogP contribution in [0.15, 0.2) is 53.4 Å². The van der Waals surface area contributed by atoms with Crippen LogP contribution in [0.4, 0.5) is 10.1 Å². The fraction of sp³-hybridized carbons (Fsp3) is 0.400. The van der Waals surface area contributed by atoms with Crippen LogP contribution in [0.2, 0.25) is 0 Å². The molecule has 7 heteroatoms. The van der Waals surface area contributed by atoms with E-state index in [1.807, 2.05) is 19.1 Å². The van der Waals surface area contributed by atoms with Gasteiger partial charge in [-0.3, -0.25) is 4.90 Å². The number of anilines is 1. The van der Waals surface area contributed by atoms with Crippen molar-refractivity contribution >= 4 is 15.7 Å². The van der Waals surface area contributed by atoms with E-state index in [1.165, 1.54) is 12.1 Å². The first-order valence-electron chi connectivity index (χ1n) is 9.29. The molecule has 0 unspecified atom stereocenters. The molecule has 1 N–H and O–H groups in total. The second-order valence-corrected chi connectivity index (χ2v) is 8.47. The molecule has 0 saturated carbocycles. The summed E-state index contributed by atoms with van der Waals surface area (Å²) < 4.78 is 40.5. The number of aryl methyl sites for hydroxylation is 1. The summed E-state index contributed by atoms with van der Waals surface area (Å²) in [6.45, 7) is 6.48. The van der Waals surface area contributed by atoms with Gasteiger partial charge in [-0.15, -0.1) is 0 Å². The van der Waals surface area contributed by atoms with Crippen LogP contribution in [-0.4, -0.2) is 52.6 Å². The number of sulfonamides is 1. The molecule has 1 fully saturated rings. The molecule has 1 aliphatic heterocycles. The Morgan fingerprint density at radius 2 is 1.59 bits per heavy atom. The first-order valence-corrected chi connectivity index (χ1v) is 10.8. The van der Waals surface area contributed by atoms with E-state index in [4.69, 9.17) is 0 Å². The van der Waals surface area contributed by atoms with Crippen LogP contribution in [0.5, 0.6) is 0 Å². The number of piperazine rings is 1. The molecular weight excluding hydrogens is 365 g/mol. The van der Waals surface area contributed by atoms with E-state index < -0.39 is 10.0 Å². The number of rotatable bonds is 7. The molecule has 2 aromatic carbocycles. The Hall–Kier alpha value is -1.96. The van der Waals surface area contributed by atoms with Crippen LogP contribution < -0.4 is 9.62 Å². The number of hydrogen-bond acceptors (Lipinski definition) is 4. The third-order valence-electron chi connectivity index (χ3n) is 4.93. The SMILES string of the molecule is CCc1ccc(S(=O)(=O)NCCN2CCN(c3ccc(F)cc3)CC2)cc1. The molecule has 0 radical (unpaired) electrons. The average molecular weight is 392 g/mol. The van der Waals surface area contributed by atoms with Crippen LogP contribution >= 0.6 is 0 Å². The van der Waals surface area contributed by atoms with Gasteiger partial charge in [-0.2, -0.15) is 0 Å². The van der Waals surface area contributed by atoms with Crippen LogP contribution in [0.1, 0.15) is 12.5 Å². The van der Waals surface area contributed by atoms with Gasteiger partial charge < -0.3 is 4.90 Å². The predicted molar refractivity (Wildman–Crippen MR) is 106 cm³/mol. The third-order valence-corrected chi connectivity index (χ3v) is 6.40. The van der Waals surface area contributed by atoms with Gasteiger partial charge in [0, 0.05) is 45.0 Å². The number of nitrogens with one attached hydrogen (secondary N) is 1. The highest BCUT2D eigenvalue weighted by Gasteiger charge is 2.18. The Labute approximate surface area is 160 Å². The molecule has 1 aliphatic rings. The van der Waals surface area contributed by atoms with E-state index in [2.05, 4.69) is 14.5 Å². The fourth-order valence-corrected chi connectivity index (χ4v) is 4.23. The van der Waals surface area contributed by atoms with E-state index in [0.717, 1.165) is 43.9 Å². The lowest BCUT2D eigenvalue weighted by atomic mass is 10.2. The largest absolute Gasteiger partial charge is 0.369 e. The van der Waals surface area contributed by atoms with Crippen molar-refractivity contribution in [2.24, 2.45) is 0 Å². The van der Waals surface area contributed by atoms with Crippen molar-refractivity contribution < 1.29 is 12.8 Å². The minimum Gasteiger partial charge on any atom is -0.369 e. The number of halogens is 1. The van der Waals surface area contributed by atoms with Gasteiger partial charge in [-0.05, 0) is 48.4 Å². The Balaban J connectivity index is 1.45. The summed E-state index contributed by atoms with van der Waals surface area (Å²) in [4.78, 5) is 4.76. The summed E-state index contributed by atoms with van der Waals surface area (Å²) in [5, 5.41) is 0. The monoisotopic (exact) mass is 391 g/mol. The maximum atomic E-state index is 13.0. The minimum atomic E-state index is -3.47. The molecular formula is C20H26FN3O2S. The van der Waals surface area contributed by atoms with Crippen molar-refractivity contribution in [1.29, 1.82) is 0 Å². The Bertz CT molecular complexity index is 831. The number of benzene rings is 2. The highest BCUT2D eigenvalue weighted by Crippen LogP contribution is 2.17. The summed E-state index contributed by atoms with van der Waals surface area (Å²) in [6.07, 6.45) is 0.887. The molecule has 0 aliphatic carbocycles. The van der Waals surface area contributed by atoms with E-state index in [-0.39, 0.29) is 5.82 Å². The van der Waals surface area contributed by atoms with Crippen molar-refractivity contribution in [2.75, 3.05) is 44.2 Å². The average Bonchev–Trinajstić information content (AvgIpc) is 2.69. The second-order valence-electron chi connectivity index (χ2n) is 6.70. The quantitative estimate of drug-likeness (QED) is 0.788. The molecule has 146 valence electrons. The van der Waals surface area contributed by atoms with Gasteiger partial charge in [-0.1, -0.05) is 19.1 Å². The lowest BCUT2D eigenvalue weighted by Gasteiger charge is -2.36. The topological polar surface area (TPSA) is 52.7 Å². The van der Waals surface area contributed by atoms with Crippen molar-refractivity contribution in [3.05, 3.63) is 59.9 Å². The Morgan fingerprint density at radius 3 is 2.19 bits per heavy atom. The third kappa shape index (κ3) is 5.28. The lowest BCUT2D eigenvalue weighted by molar-refractivity contribution is 0.262. The van der Waals surface area contributed by atoms with Gasteiger partial charge in [0.2, 0.25) is 10.0 Å². The molecule has 5 nitrogen and oxygen atoms in total. The summed E-state index contributed by atoms with van der Waals surface area (Å²) in [7, 11) is -3.47. The van der Waals surface area contributed by atoms with Crippen molar-refractivity contribution in [1.82, 2.24) is 9.62 Å². The highest BCUT2D eigenvalue weighted by molar-refractivity contribution is 7.89. The normalized spacial score (nSPS) is 15.9. The van der Waals surface area contributed by atoms with Gasteiger partial charge in [-0.25, -0.2) is 17.5 Å². The van der Waals surface area contributed by atoms with Gasteiger partial charge in [0.1, 0.15) is 5.82 Å². The summed E-state index contributed by atoms with van der Waals surface area (Å²) in [5.41, 5.74) is 2.14. The van der Waals surface area contributed by atoms with Gasteiger partial charge in [0.05, 0.1) is 4.90 Å². The minimum absolute atomic E-state index is 0.228. The zero-order valence-electron chi connectivity index (χ0n) is 15.6. The van der Waals surface area contributed by atoms with Crippen molar-refractivity contribution in [3.8, 4) is 0 Å². The molecule has 0 spiro atoms. The maximum Gasteiger partial charge on any atom is 0.240 e. The van der Waals surface area contributed by atoms with Gasteiger partial charge in [0.25, 0.3) is 0 Å². The van der Waals surface area contributed by atoms with Crippen molar-refractivity contribution in [2.45, 2.75) is 18.2 Å². The first kappa shape index (κ1) is 19.8. The van der Waals surface area contributed by atoms with Gasteiger partial charge >= 0.3 is 0 Å². The smallest absolute Gasteiger partial charge is 0.240 e. The summed E-state index contributed by atoms with van der Waals surface area (Å²) >= 11 is 0. The van der Waals surface area contributed by atoms with Crippen LogP contribution in [-0.2, 0) is 16.4 Å². The molecule has 0 atom stereocenters. The second kappa shape index (κ2) is 8.82. The number of nitrogens with zero attached hydrogens (tertiary/aromatic N) is 2. The first-order chi connectivity index (χ1) is 13.0. The molecule has 3 rings (SSSR count). The zero-order valence-corrected chi connectivity index (χ0v) is 16.4. The van der Waals surface area contributed by atoms with Crippen molar-refractivity contribution in [3.63, 3.8) is 0 Å². The summed E-state index contributed by atoms with van der Waals surface area (Å²) in [5.74, 6) is -0.228. The Morgan fingerprint density at radius 1 is 0.963 bits per heavy atom. The van der Waals surface area contributed by atoms with E-state index in [9.17, 15) is 12.8 Å². The number of hydrogen-bond donors (Lipinski definition) is 1. The Kier molecular flexibility index (Phi) is 6.46. The molecule has 1 saturated heterocycles. The standard InChI is InChI=1S/C20H26FN3O2S/c1-2-17-3-9-20(10-4-17)27(25,26)22-11-12-23-13-15-24(16-14-23)19-7-5-18(21)6-8-19/h3-10,22H,2,11-16H2,1H3. The van der Waals surface area contributed by atoms with Gasteiger partial charge in [0.15, 0.2) is 0 Å². The molecule has 1 heterocycles. The predicted octanol–water partition coefficient (Wildman–Crippen LogP) is 2.49. The molecule has 27 heavy (non-hydrogen) atoms. The molecule has 0 aromatic heterocycles. The van der Waals surface area contributed by atoms with Crippen LogP contribution in [0.3, 0.4) is 0 Å². The van der Waals surface area contributed by atoms with E-state index >= 15 is 0 Å². The summed E-state index contributed by atoms with van der Waals surface area (Å²) in [6, 6.07) is 13.6. The molecule has 2 aromatic rings. The molecule has 0 amide bonds. The van der Waals surface area contributed by atoms with Crippen LogP contribution in [0.25, 0.3) is 0 Å². The zero-order chi connectivity index (χ0) is 19.3.